The van der Waals surface area contributed by atoms with Crippen LogP contribution in [0, 0.1) is 0 Å². The second kappa shape index (κ2) is 13.1. The Balaban J connectivity index is 0.00000392. The molecule has 0 aliphatic carbocycles. The van der Waals surface area contributed by atoms with Crippen molar-refractivity contribution in [3.8, 4) is 5.75 Å². The molecule has 2 rings (SSSR count). The number of methoxy groups -OCH3 is 1. The Labute approximate surface area is 184 Å². The van der Waals surface area contributed by atoms with Crippen LogP contribution in [-0.4, -0.2) is 47.5 Å². The summed E-state index contributed by atoms with van der Waals surface area (Å²) < 4.78 is 7.46. The molecule has 2 aromatic rings. The summed E-state index contributed by atoms with van der Waals surface area (Å²) in [5.74, 6) is 2.67. The Hall–Kier alpha value is -2.10. The lowest BCUT2D eigenvalue weighted by atomic mass is 10.1. The Morgan fingerprint density at radius 1 is 1.25 bits per heavy atom. The van der Waals surface area contributed by atoms with Crippen LogP contribution in [0.2, 0.25) is 0 Å². The van der Waals surface area contributed by atoms with Crippen molar-refractivity contribution in [3.63, 3.8) is 0 Å². The van der Waals surface area contributed by atoms with Crippen molar-refractivity contribution >= 4 is 29.9 Å². The van der Waals surface area contributed by atoms with Crippen molar-refractivity contribution in [2.24, 2.45) is 4.99 Å². The van der Waals surface area contributed by atoms with Crippen LogP contribution in [0.4, 0.5) is 0 Å². The topological polar surface area (TPSA) is 76.4 Å². The highest BCUT2D eigenvalue weighted by Gasteiger charge is 2.04. The van der Waals surface area contributed by atoms with E-state index in [0.29, 0.717) is 6.54 Å². The summed E-state index contributed by atoms with van der Waals surface area (Å²) in [5.41, 5.74) is 2.19. The number of hydrogen-bond acceptors (Lipinski definition) is 4. The van der Waals surface area contributed by atoms with Gasteiger partial charge in [-0.3, -0.25) is 0 Å². The molecule has 0 saturated carbocycles. The van der Waals surface area contributed by atoms with E-state index in [1.54, 1.807) is 13.4 Å². The molecule has 7 nitrogen and oxygen atoms in total. The number of guanidine groups is 1. The number of halogens is 1. The SMILES string of the molecule is C=C(C)CN=C(NCCc1ccccc1OC)NCCn1cnnc1CC.I. The summed E-state index contributed by atoms with van der Waals surface area (Å²) in [5, 5.41) is 14.8. The zero-order chi connectivity index (χ0) is 19.5. The average Bonchev–Trinajstić information content (AvgIpc) is 3.13. The number of nitrogens with one attached hydrogen (secondary N) is 2. The fourth-order valence-electron chi connectivity index (χ4n) is 2.65. The van der Waals surface area contributed by atoms with Crippen LogP contribution in [0.3, 0.4) is 0 Å². The molecule has 0 saturated heterocycles. The van der Waals surface area contributed by atoms with E-state index in [1.807, 2.05) is 25.1 Å². The summed E-state index contributed by atoms with van der Waals surface area (Å²) in [6.45, 7) is 10.8. The van der Waals surface area contributed by atoms with E-state index in [9.17, 15) is 0 Å². The molecule has 1 aromatic heterocycles. The smallest absolute Gasteiger partial charge is 0.191 e. The molecule has 28 heavy (non-hydrogen) atoms. The standard InChI is InChI=1S/C20H30N6O.HI/c1-5-19-25-24-15-26(19)13-12-22-20(23-14-16(2)3)21-11-10-17-8-6-7-9-18(17)27-4;/h6-9,15H,2,5,10-14H2,1,3-4H3,(H2,21,22,23);1H. The van der Waals surface area contributed by atoms with Crippen molar-refractivity contribution in [3.05, 3.63) is 54.1 Å². The lowest BCUT2D eigenvalue weighted by molar-refractivity contribution is 0.409. The van der Waals surface area contributed by atoms with E-state index in [0.717, 1.165) is 55.6 Å². The van der Waals surface area contributed by atoms with E-state index in [4.69, 9.17) is 4.74 Å². The van der Waals surface area contributed by atoms with Gasteiger partial charge in [0, 0.05) is 26.1 Å². The van der Waals surface area contributed by atoms with Gasteiger partial charge in [0.1, 0.15) is 17.9 Å². The van der Waals surface area contributed by atoms with Crippen LogP contribution in [-0.2, 0) is 19.4 Å². The first kappa shape index (κ1) is 23.9. The largest absolute Gasteiger partial charge is 0.496 e. The zero-order valence-corrected chi connectivity index (χ0v) is 19.3. The molecule has 1 aromatic carbocycles. The highest BCUT2D eigenvalue weighted by molar-refractivity contribution is 14.0. The number of benzene rings is 1. The first-order valence-electron chi connectivity index (χ1n) is 9.29. The summed E-state index contributed by atoms with van der Waals surface area (Å²) in [6, 6.07) is 8.06. The first-order valence-corrected chi connectivity index (χ1v) is 9.29. The Morgan fingerprint density at radius 2 is 2.00 bits per heavy atom. The monoisotopic (exact) mass is 498 g/mol. The molecule has 0 aliphatic heterocycles. The number of hydrogen-bond donors (Lipinski definition) is 2. The summed E-state index contributed by atoms with van der Waals surface area (Å²) in [4.78, 5) is 4.58. The molecule has 0 fully saturated rings. The lowest BCUT2D eigenvalue weighted by Gasteiger charge is -2.14. The normalized spacial score (nSPS) is 10.9. The third-order valence-corrected chi connectivity index (χ3v) is 4.04. The van der Waals surface area contributed by atoms with Gasteiger partial charge in [-0.2, -0.15) is 0 Å². The Kier molecular flexibility index (Phi) is 11.2. The number of ether oxygens (including phenoxy) is 1. The third-order valence-electron chi connectivity index (χ3n) is 4.04. The second-order valence-electron chi connectivity index (χ2n) is 6.33. The molecule has 2 N–H and O–H groups in total. The van der Waals surface area contributed by atoms with E-state index in [2.05, 4.69) is 50.0 Å². The van der Waals surface area contributed by atoms with Gasteiger partial charge in [0.05, 0.1) is 13.7 Å². The summed E-state index contributed by atoms with van der Waals surface area (Å²) in [6.07, 6.45) is 3.48. The van der Waals surface area contributed by atoms with Crippen LogP contribution in [0.25, 0.3) is 0 Å². The molecule has 0 spiro atoms. The maximum absolute atomic E-state index is 5.41. The molecular weight excluding hydrogens is 467 g/mol. The molecule has 0 atom stereocenters. The number of para-hydroxylation sites is 1. The van der Waals surface area contributed by atoms with Crippen LogP contribution in [0.5, 0.6) is 5.75 Å². The number of aromatic nitrogens is 3. The quantitative estimate of drug-likeness (QED) is 0.228. The fraction of sp³-hybridized carbons (Fsp3) is 0.450. The van der Waals surface area contributed by atoms with Crippen molar-refractivity contribution in [1.82, 2.24) is 25.4 Å². The molecule has 0 bridgehead atoms. The first-order chi connectivity index (χ1) is 13.1. The van der Waals surface area contributed by atoms with Crippen LogP contribution in [0.1, 0.15) is 25.2 Å². The second-order valence-corrected chi connectivity index (χ2v) is 6.33. The maximum atomic E-state index is 5.41. The highest BCUT2D eigenvalue weighted by atomic mass is 127. The zero-order valence-electron chi connectivity index (χ0n) is 16.9. The van der Waals surface area contributed by atoms with Gasteiger partial charge in [0.2, 0.25) is 0 Å². The molecular formula is C20H31IN6O. The number of aliphatic imine (C=N–C) groups is 1. The van der Waals surface area contributed by atoms with Gasteiger partial charge in [0.25, 0.3) is 0 Å². The van der Waals surface area contributed by atoms with Crippen LogP contribution in [0.15, 0.2) is 47.7 Å². The molecule has 1 heterocycles. The summed E-state index contributed by atoms with van der Waals surface area (Å²) >= 11 is 0. The molecule has 0 radical (unpaired) electrons. The third kappa shape index (κ3) is 7.87. The number of nitrogens with zero attached hydrogens (tertiary/aromatic N) is 4. The average molecular weight is 498 g/mol. The van der Waals surface area contributed by atoms with E-state index >= 15 is 0 Å². The Bertz CT molecular complexity index is 759. The van der Waals surface area contributed by atoms with E-state index in [-0.39, 0.29) is 24.0 Å². The minimum atomic E-state index is 0. The predicted octanol–water partition coefficient (Wildman–Crippen LogP) is 2.82. The minimum absolute atomic E-state index is 0. The van der Waals surface area contributed by atoms with Gasteiger partial charge in [0.15, 0.2) is 5.96 Å². The van der Waals surface area contributed by atoms with Crippen molar-refractivity contribution < 1.29 is 4.74 Å². The summed E-state index contributed by atoms with van der Waals surface area (Å²) in [7, 11) is 1.70. The molecule has 0 unspecified atom stereocenters. The van der Waals surface area contributed by atoms with Gasteiger partial charge in [-0.25, -0.2) is 4.99 Å². The minimum Gasteiger partial charge on any atom is -0.496 e. The van der Waals surface area contributed by atoms with Crippen LogP contribution >= 0.6 is 24.0 Å². The molecule has 154 valence electrons. The van der Waals surface area contributed by atoms with Crippen molar-refractivity contribution in [1.29, 1.82) is 0 Å². The van der Waals surface area contributed by atoms with Gasteiger partial charge in [-0.1, -0.05) is 37.3 Å². The fourth-order valence-corrected chi connectivity index (χ4v) is 2.65. The van der Waals surface area contributed by atoms with Crippen LogP contribution < -0.4 is 15.4 Å². The molecule has 8 heteroatoms. The predicted molar refractivity (Wildman–Crippen MR) is 125 cm³/mol. The van der Waals surface area contributed by atoms with Crippen molar-refractivity contribution in [2.75, 3.05) is 26.7 Å². The van der Waals surface area contributed by atoms with Gasteiger partial charge in [-0.05, 0) is 25.0 Å². The van der Waals surface area contributed by atoms with E-state index < -0.39 is 0 Å². The highest BCUT2D eigenvalue weighted by Crippen LogP contribution is 2.17. The van der Waals surface area contributed by atoms with E-state index in [1.165, 1.54) is 5.56 Å². The maximum Gasteiger partial charge on any atom is 0.191 e. The van der Waals surface area contributed by atoms with Gasteiger partial charge < -0.3 is 19.9 Å². The number of aryl methyl sites for hydroxylation is 1. The number of rotatable bonds is 10. The van der Waals surface area contributed by atoms with Gasteiger partial charge >= 0.3 is 0 Å². The van der Waals surface area contributed by atoms with Gasteiger partial charge in [-0.15, -0.1) is 34.2 Å². The lowest BCUT2D eigenvalue weighted by Crippen LogP contribution is -2.40. The molecule has 0 aliphatic rings. The Morgan fingerprint density at radius 3 is 2.71 bits per heavy atom. The molecule has 0 amide bonds. The van der Waals surface area contributed by atoms with Crippen molar-refractivity contribution in [2.45, 2.75) is 33.2 Å².